The molecule has 0 radical (unpaired) electrons. The molecule has 0 saturated heterocycles. The topological polar surface area (TPSA) is 114 Å². The van der Waals surface area contributed by atoms with Crippen LogP contribution in [0.5, 0.6) is 0 Å². The number of anilines is 3. The first-order valence-electron chi connectivity index (χ1n) is 9.20. The van der Waals surface area contributed by atoms with Gasteiger partial charge in [0.1, 0.15) is 0 Å². The number of carbonyl (C=O) groups is 4. The molecular weight excluding hydrogens is 410 g/mol. The zero-order valence-electron chi connectivity index (χ0n) is 16.4. The SMILES string of the molecule is CC(=O)Nc1ccc(NC(=O)COC(=O)CCCC(=O)Nc2ccc(Cl)cc2)cc1. The van der Waals surface area contributed by atoms with Crippen LogP contribution >= 0.6 is 11.6 Å². The molecule has 0 bridgehead atoms. The van der Waals surface area contributed by atoms with E-state index in [-0.39, 0.29) is 24.7 Å². The molecule has 0 saturated carbocycles. The van der Waals surface area contributed by atoms with Crippen molar-refractivity contribution >= 4 is 52.4 Å². The number of ether oxygens (including phenoxy) is 1. The number of amides is 3. The van der Waals surface area contributed by atoms with Crippen molar-refractivity contribution < 1.29 is 23.9 Å². The molecule has 30 heavy (non-hydrogen) atoms. The van der Waals surface area contributed by atoms with E-state index in [2.05, 4.69) is 16.0 Å². The molecule has 8 nitrogen and oxygen atoms in total. The second kappa shape index (κ2) is 11.6. The van der Waals surface area contributed by atoms with Crippen molar-refractivity contribution in [3.05, 3.63) is 53.6 Å². The van der Waals surface area contributed by atoms with Crippen LogP contribution in [0.2, 0.25) is 5.02 Å². The summed E-state index contributed by atoms with van der Waals surface area (Å²) in [5.41, 5.74) is 1.73. The first kappa shape index (κ1) is 22.9. The number of carbonyl (C=O) groups excluding carboxylic acids is 4. The lowest BCUT2D eigenvalue weighted by molar-refractivity contribution is -0.147. The minimum Gasteiger partial charge on any atom is -0.456 e. The first-order valence-corrected chi connectivity index (χ1v) is 9.58. The van der Waals surface area contributed by atoms with Crippen LogP contribution in [-0.2, 0) is 23.9 Å². The van der Waals surface area contributed by atoms with Crippen LogP contribution in [0.4, 0.5) is 17.1 Å². The van der Waals surface area contributed by atoms with E-state index >= 15 is 0 Å². The van der Waals surface area contributed by atoms with E-state index in [1.165, 1.54) is 6.92 Å². The molecule has 0 unspecified atom stereocenters. The summed E-state index contributed by atoms with van der Waals surface area (Å²) >= 11 is 5.78. The summed E-state index contributed by atoms with van der Waals surface area (Å²) in [6.45, 7) is 0.972. The summed E-state index contributed by atoms with van der Waals surface area (Å²) in [5, 5.41) is 8.46. The standard InChI is InChI=1S/C21H22ClN3O5/c1-14(26)23-16-9-11-18(12-10-16)25-20(28)13-30-21(29)4-2-3-19(27)24-17-7-5-15(22)6-8-17/h5-12H,2-4,13H2,1H3,(H,23,26)(H,24,27)(H,25,28). The third kappa shape index (κ3) is 8.74. The molecule has 2 rings (SSSR count). The smallest absolute Gasteiger partial charge is 0.306 e. The highest BCUT2D eigenvalue weighted by molar-refractivity contribution is 6.30. The minimum atomic E-state index is -0.564. The quantitative estimate of drug-likeness (QED) is 0.525. The maximum absolute atomic E-state index is 11.9. The molecular formula is C21H22ClN3O5. The van der Waals surface area contributed by atoms with Crippen molar-refractivity contribution in [1.29, 1.82) is 0 Å². The predicted octanol–water partition coefficient (Wildman–Crippen LogP) is 3.59. The Morgan fingerprint density at radius 1 is 0.767 bits per heavy atom. The summed E-state index contributed by atoms with van der Waals surface area (Å²) < 4.78 is 4.91. The largest absolute Gasteiger partial charge is 0.456 e. The highest BCUT2D eigenvalue weighted by Crippen LogP contribution is 2.14. The molecule has 158 valence electrons. The fourth-order valence-corrected chi connectivity index (χ4v) is 2.53. The van der Waals surface area contributed by atoms with E-state index in [4.69, 9.17) is 16.3 Å². The number of esters is 1. The lowest BCUT2D eigenvalue weighted by Gasteiger charge is -2.08. The Bertz CT molecular complexity index is 898. The van der Waals surface area contributed by atoms with E-state index in [0.717, 1.165) is 0 Å². The molecule has 0 heterocycles. The van der Waals surface area contributed by atoms with E-state index in [0.29, 0.717) is 28.5 Å². The maximum Gasteiger partial charge on any atom is 0.306 e. The Morgan fingerprint density at radius 3 is 1.83 bits per heavy atom. The monoisotopic (exact) mass is 431 g/mol. The van der Waals surface area contributed by atoms with Crippen LogP contribution in [-0.4, -0.2) is 30.3 Å². The second-order valence-corrected chi connectivity index (χ2v) is 6.81. The van der Waals surface area contributed by atoms with Crippen LogP contribution in [0, 0.1) is 0 Å². The normalized spacial score (nSPS) is 10.1. The summed E-state index contributed by atoms with van der Waals surface area (Å²) in [4.78, 5) is 46.4. The Morgan fingerprint density at radius 2 is 1.27 bits per heavy atom. The van der Waals surface area contributed by atoms with Gasteiger partial charge in [0.25, 0.3) is 5.91 Å². The fraction of sp³-hybridized carbons (Fsp3) is 0.238. The van der Waals surface area contributed by atoms with Gasteiger partial charge in [0, 0.05) is 41.9 Å². The lowest BCUT2D eigenvalue weighted by atomic mass is 10.2. The molecule has 0 aliphatic rings. The molecule has 3 N–H and O–H groups in total. The van der Waals surface area contributed by atoms with Crippen LogP contribution in [0.15, 0.2) is 48.5 Å². The van der Waals surface area contributed by atoms with E-state index in [1.54, 1.807) is 48.5 Å². The van der Waals surface area contributed by atoms with Gasteiger partial charge in [0.15, 0.2) is 6.61 Å². The second-order valence-electron chi connectivity index (χ2n) is 6.38. The molecule has 2 aromatic carbocycles. The van der Waals surface area contributed by atoms with Crippen molar-refractivity contribution in [3.8, 4) is 0 Å². The van der Waals surface area contributed by atoms with Gasteiger partial charge in [0.05, 0.1) is 0 Å². The first-order chi connectivity index (χ1) is 14.3. The molecule has 0 atom stereocenters. The Labute approximate surface area is 178 Å². The van der Waals surface area contributed by atoms with E-state index in [1.807, 2.05) is 0 Å². The average molecular weight is 432 g/mol. The van der Waals surface area contributed by atoms with Gasteiger partial charge in [-0.25, -0.2) is 0 Å². The van der Waals surface area contributed by atoms with Crippen molar-refractivity contribution in [2.45, 2.75) is 26.2 Å². The average Bonchev–Trinajstić information content (AvgIpc) is 2.69. The zero-order valence-corrected chi connectivity index (χ0v) is 17.1. The van der Waals surface area contributed by atoms with E-state index < -0.39 is 18.5 Å². The summed E-state index contributed by atoms with van der Waals surface area (Å²) in [5.74, 6) is -1.48. The van der Waals surface area contributed by atoms with Gasteiger partial charge in [-0.05, 0) is 55.0 Å². The molecule has 0 spiro atoms. The fourth-order valence-electron chi connectivity index (χ4n) is 2.41. The van der Waals surface area contributed by atoms with Gasteiger partial charge in [-0.15, -0.1) is 0 Å². The van der Waals surface area contributed by atoms with Crippen molar-refractivity contribution in [2.75, 3.05) is 22.6 Å². The molecule has 0 fully saturated rings. The molecule has 0 aromatic heterocycles. The maximum atomic E-state index is 11.9. The van der Waals surface area contributed by atoms with Gasteiger partial charge in [-0.1, -0.05) is 11.6 Å². The summed E-state index contributed by atoms with van der Waals surface area (Å²) in [7, 11) is 0. The molecule has 9 heteroatoms. The Balaban J connectivity index is 1.62. The van der Waals surface area contributed by atoms with Crippen molar-refractivity contribution in [1.82, 2.24) is 0 Å². The van der Waals surface area contributed by atoms with E-state index in [9.17, 15) is 19.2 Å². The van der Waals surface area contributed by atoms with Gasteiger partial charge < -0.3 is 20.7 Å². The zero-order chi connectivity index (χ0) is 21.9. The van der Waals surface area contributed by atoms with Gasteiger partial charge >= 0.3 is 5.97 Å². The minimum absolute atomic E-state index is 0.0206. The predicted molar refractivity (Wildman–Crippen MR) is 114 cm³/mol. The molecule has 0 aliphatic heterocycles. The van der Waals surface area contributed by atoms with Gasteiger partial charge in [0.2, 0.25) is 11.8 Å². The number of nitrogens with one attached hydrogen (secondary N) is 3. The Kier molecular flexibility index (Phi) is 8.83. The summed E-state index contributed by atoms with van der Waals surface area (Å²) in [6, 6.07) is 13.2. The van der Waals surface area contributed by atoms with Crippen molar-refractivity contribution in [3.63, 3.8) is 0 Å². The molecule has 2 aromatic rings. The number of halogens is 1. The molecule has 0 aliphatic carbocycles. The third-order valence-electron chi connectivity index (χ3n) is 3.77. The summed E-state index contributed by atoms with van der Waals surface area (Å²) in [6.07, 6.45) is 0.460. The number of rotatable bonds is 9. The number of hydrogen-bond acceptors (Lipinski definition) is 5. The highest BCUT2D eigenvalue weighted by Gasteiger charge is 2.10. The number of benzene rings is 2. The van der Waals surface area contributed by atoms with Crippen LogP contribution in [0.3, 0.4) is 0 Å². The van der Waals surface area contributed by atoms with Crippen LogP contribution in [0.1, 0.15) is 26.2 Å². The van der Waals surface area contributed by atoms with Gasteiger partial charge in [-0.2, -0.15) is 0 Å². The Hall–Kier alpha value is -3.39. The number of hydrogen-bond donors (Lipinski definition) is 3. The van der Waals surface area contributed by atoms with Gasteiger partial charge in [-0.3, -0.25) is 19.2 Å². The van der Waals surface area contributed by atoms with Crippen LogP contribution < -0.4 is 16.0 Å². The van der Waals surface area contributed by atoms with Crippen molar-refractivity contribution in [2.24, 2.45) is 0 Å². The lowest BCUT2D eigenvalue weighted by Crippen LogP contribution is -2.21. The van der Waals surface area contributed by atoms with Crippen LogP contribution in [0.25, 0.3) is 0 Å². The highest BCUT2D eigenvalue weighted by atomic mass is 35.5. The molecule has 3 amide bonds. The third-order valence-corrected chi connectivity index (χ3v) is 4.02.